The third-order valence-electron chi connectivity index (χ3n) is 3.70. The average Bonchev–Trinajstić information content (AvgIpc) is 2.57. The molecule has 1 aromatic heterocycles. The van der Waals surface area contributed by atoms with E-state index in [9.17, 15) is 18.4 Å². The second kappa shape index (κ2) is 7.21. The number of aromatic nitrogens is 2. The lowest BCUT2D eigenvalue weighted by Crippen LogP contribution is -2.33. The molecule has 25 heavy (non-hydrogen) atoms. The minimum absolute atomic E-state index is 0.172. The van der Waals surface area contributed by atoms with Crippen LogP contribution in [0.15, 0.2) is 53.6 Å². The maximum Gasteiger partial charge on any atom is 0.261 e. The first-order valence-corrected chi connectivity index (χ1v) is 7.69. The van der Waals surface area contributed by atoms with Gasteiger partial charge in [0.15, 0.2) is 0 Å². The molecule has 128 valence electrons. The topological polar surface area (TPSA) is 64.0 Å². The van der Waals surface area contributed by atoms with Crippen LogP contribution in [0.5, 0.6) is 0 Å². The number of hydrogen-bond acceptors (Lipinski definition) is 3. The zero-order valence-corrected chi connectivity index (χ0v) is 13.2. The highest BCUT2D eigenvalue weighted by atomic mass is 19.1. The second-order valence-corrected chi connectivity index (χ2v) is 5.57. The van der Waals surface area contributed by atoms with Gasteiger partial charge < -0.3 is 5.32 Å². The largest absolute Gasteiger partial charge is 0.354 e. The van der Waals surface area contributed by atoms with Crippen LogP contribution >= 0.6 is 0 Å². The molecule has 0 aliphatic heterocycles. The van der Waals surface area contributed by atoms with Gasteiger partial charge in [-0.3, -0.25) is 14.2 Å². The molecular formula is C18H15F2N3O2. The van der Waals surface area contributed by atoms with Gasteiger partial charge in [0.1, 0.15) is 18.2 Å². The van der Waals surface area contributed by atoms with E-state index < -0.39 is 11.6 Å². The molecule has 7 heteroatoms. The Morgan fingerprint density at radius 3 is 2.60 bits per heavy atom. The summed E-state index contributed by atoms with van der Waals surface area (Å²) in [4.78, 5) is 28.4. The van der Waals surface area contributed by atoms with Crippen molar-refractivity contribution in [1.29, 1.82) is 0 Å². The van der Waals surface area contributed by atoms with E-state index in [2.05, 4.69) is 10.3 Å². The molecule has 0 unspecified atom stereocenters. The molecule has 2 aromatic carbocycles. The molecule has 3 rings (SSSR count). The van der Waals surface area contributed by atoms with Gasteiger partial charge in [-0.05, 0) is 36.2 Å². The molecule has 0 fully saturated rings. The summed E-state index contributed by atoms with van der Waals surface area (Å²) in [5.41, 5.74) is 0.715. The smallest absolute Gasteiger partial charge is 0.261 e. The summed E-state index contributed by atoms with van der Waals surface area (Å²) in [5, 5.41) is 3.06. The molecule has 1 heterocycles. The van der Waals surface area contributed by atoms with E-state index in [4.69, 9.17) is 0 Å². The van der Waals surface area contributed by atoms with Gasteiger partial charge in [-0.2, -0.15) is 0 Å². The van der Waals surface area contributed by atoms with Crippen molar-refractivity contribution >= 4 is 16.8 Å². The highest BCUT2D eigenvalue weighted by molar-refractivity contribution is 5.78. The van der Waals surface area contributed by atoms with Gasteiger partial charge in [0.25, 0.3) is 5.56 Å². The molecular weight excluding hydrogens is 328 g/mol. The van der Waals surface area contributed by atoms with Crippen LogP contribution < -0.4 is 10.9 Å². The van der Waals surface area contributed by atoms with Crippen molar-refractivity contribution in [1.82, 2.24) is 14.9 Å². The summed E-state index contributed by atoms with van der Waals surface area (Å²) >= 11 is 0. The predicted molar refractivity (Wildman–Crippen MR) is 89.1 cm³/mol. The lowest BCUT2D eigenvalue weighted by Gasteiger charge is -2.08. The van der Waals surface area contributed by atoms with Crippen molar-refractivity contribution in [2.45, 2.75) is 13.0 Å². The highest BCUT2D eigenvalue weighted by Gasteiger charge is 2.08. The molecule has 0 aliphatic rings. The molecule has 1 N–H and O–H groups in total. The minimum atomic E-state index is -0.657. The van der Waals surface area contributed by atoms with Crippen LogP contribution in [-0.2, 0) is 17.8 Å². The van der Waals surface area contributed by atoms with Crippen LogP contribution in [0.3, 0.4) is 0 Å². The standard InChI is InChI=1S/C18H15F2N3O2/c19-13-7-12(8-14(20)9-13)5-6-21-17(24)10-23-11-22-16-4-2-1-3-15(16)18(23)25/h1-4,7-9,11H,5-6,10H2,(H,21,24). The van der Waals surface area contributed by atoms with Crippen LogP contribution in [-0.4, -0.2) is 22.0 Å². The molecule has 1 amide bonds. The molecule has 0 bridgehead atoms. The number of nitrogens with zero attached hydrogens (tertiary/aromatic N) is 2. The summed E-state index contributed by atoms with van der Waals surface area (Å²) in [5.74, 6) is -1.69. The van der Waals surface area contributed by atoms with E-state index in [0.717, 1.165) is 6.07 Å². The van der Waals surface area contributed by atoms with E-state index in [-0.39, 0.29) is 31.0 Å². The molecule has 0 saturated carbocycles. The Hall–Kier alpha value is -3.09. The maximum absolute atomic E-state index is 13.1. The normalized spacial score (nSPS) is 10.8. The summed E-state index contributed by atoms with van der Waals surface area (Å²) < 4.78 is 27.4. The van der Waals surface area contributed by atoms with Gasteiger partial charge in [0.05, 0.1) is 17.2 Å². The monoisotopic (exact) mass is 343 g/mol. The Bertz CT molecular complexity index is 965. The van der Waals surface area contributed by atoms with Gasteiger partial charge in [0, 0.05) is 12.6 Å². The number of rotatable bonds is 5. The van der Waals surface area contributed by atoms with Gasteiger partial charge in [-0.1, -0.05) is 12.1 Å². The molecule has 3 aromatic rings. The zero-order valence-electron chi connectivity index (χ0n) is 13.2. The summed E-state index contributed by atoms with van der Waals surface area (Å²) in [6.45, 7) is 0.0334. The second-order valence-electron chi connectivity index (χ2n) is 5.57. The highest BCUT2D eigenvalue weighted by Crippen LogP contribution is 2.08. The fraction of sp³-hybridized carbons (Fsp3) is 0.167. The fourth-order valence-corrected chi connectivity index (χ4v) is 2.53. The first-order chi connectivity index (χ1) is 12.0. The summed E-state index contributed by atoms with van der Waals surface area (Å²) in [6, 6.07) is 10.1. The average molecular weight is 343 g/mol. The summed E-state index contributed by atoms with van der Waals surface area (Å²) in [7, 11) is 0. The van der Waals surface area contributed by atoms with E-state index in [1.807, 2.05) is 0 Å². The molecule has 0 radical (unpaired) electrons. The Kier molecular flexibility index (Phi) is 4.83. The predicted octanol–water partition coefficient (Wildman–Crippen LogP) is 2.03. The number of fused-ring (bicyclic) bond motifs is 1. The van der Waals surface area contributed by atoms with Crippen molar-refractivity contribution in [2.24, 2.45) is 0 Å². The lowest BCUT2D eigenvalue weighted by molar-refractivity contribution is -0.121. The number of benzene rings is 2. The van der Waals surface area contributed by atoms with Crippen molar-refractivity contribution in [2.75, 3.05) is 6.54 Å². The number of carbonyl (C=O) groups excluding carboxylic acids is 1. The number of hydrogen-bond donors (Lipinski definition) is 1. The molecule has 0 spiro atoms. The molecule has 0 atom stereocenters. The first kappa shape index (κ1) is 16.8. The fourth-order valence-electron chi connectivity index (χ4n) is 2.53. The number of para-hydroxylation sites is 1. The zero-order chi connectivity index (χ0) is 17.8. The van der Waals surface area contributed by atoms with Gasteiger partial charge in [-0.25, -0.2) is 13.8 Å². The Morgan fingerprint density at radius 1 is 1.12 bits per heavy atom. The lowest BCUT2D eigenvalue weighted by atomic mass is 10.1. The van der Waals surface area contributed by atoms with Crippen LogP contribution in [0, 0.1) is 11.6 Å². The minimum Gasteiger partial charge on any atom is -0.354 e. The van der Waals surface area contributed by atoms with Gasteiger partial charge in [0.2, 0.25) is 5.91 Å². The van der Waals surface area contributed by atoms with Crippen molar-refractivity contribution in [3.8, 4) is 0 Å². The Labute approximate surface area is 141 Å². The van der Waals surface area contributed by atoms with Crippen LogP contribution in [0.2, 0.25) is 0 Å². The Balaban J connectivity index is 1.61. The Morgan fingerprint density at radius 2 is 1.84 bits per heavy atom. The molecule has 0 aliphatic carbocycles. The van der Waals surface area contributed by atoms with E-state index in [1.165, 1.54) is 23.0 Å². The third kappa shape index (κ3) is 4.06. The van der Waals surface area contributed by atoms with Crippen molar-refractivity contribution < 1.29 is 13.6 Å². The molecule has 0 saturated heterocycles. The first-order valence-electron chi connectivity index (χ1n) is 7.69. The number of carbonyl (C=O) groups is 1. The SMILES string of the molecule is O=C(Cn1cnc2ccccc2c1=O)NCCc1cc(F)cc(F)c1. The third-order valence-corrected chi connectivity index (χ3v) is 3.70. The van der Waals surface area contributed by atoms with Gasteiger partial charge in [-0.15, -0.1) is 0 Å². The van der Waals surface area contributed by atoms with Crippen LogP contribution in [0.1, 0.15) is 5.56 Å². The molecule has 5 nitrogen and oxygen atoms in total. The maximum atomic E-state index is 13.1. The van der Waals surface area contributed by atoms with E-state index in [0.29, 0.717) is 16.5 Å². The van der Waals surface area contributed by atoms with E-state index in [1.54, 1.807) is 24.3 Å². The van der Waals surface area contributed by atoms with Gasteiger partial charge >= 0.3 is 0 Å². The van der Waals surface area contributed by atoms with Crippen LogP contribution in [0.4, 0.5) is 8.78 Å². The van der Waals surface area contributed by atoms with E-state index >= 15 is 0 Å². The van der Waals surface area contributed by atoms with Crippen LogP contribution in [0.25, 0.3) is 10.9 Å². The van der Waals surface area contributed by atoms with Crippen molar-refractivity contribution in [3.63, 3.8) is 0 Å². The summed E-state index contributed by atoms with van der Waals surface area (Å²) in [6.07, 6.45) is 1.61. The van der Waals surface area contributed by atoms with Crippen molar-refractivity contribution in [3.05, 3.63) is 76.3 Å². The quantitative estimate of drug-likeness (QED) is 0.771. The number of amides is 1. The number of halogens is 2. The number of nitrogens with one attached hydrogen (secondary N) is 1.